The number of rotatable bonds is 3. The molecular weight excluding hydrogens is 272 g/mol. The number of amides is 1. The van der Waals surface area contributed by atoms with Crippen LogP contribution in [-0.2, 0) is 11.2 Å². The van der Waals surface area contributed by atoms with Crippen molar-refractivity contribution in [3.05, 3.63) is 60.2 Å². The SMILES string of the molecule is CC1CN(C(=O)Cc2ccc(-c3ccccc3)cc2)CCN1. The van der Waals surface area contributed by atoms with Crippen molar-refractivity contribution in [3.63, 3.8) is 0 Å². The normalized spacial score (nSPS) is 18.2. The van der Waals surface area contributed by atoms with Gasteiger partial charge < -0.3 is 10.2 Å². The lowest BCUT2D eigenvalue weighted by Gasteiger charge is -2.32. The van der Waals surface area contributed by atoms with Gasteiger partial charge in [-0.25, -0.2) is 0 Å². The number of hydrogen-bond acceptors (Lipinski definition) is 2. The van der Waals surface area contributed by atoms with Gasteiger partial charge in [-0.15, -0.1) is 0 Å². The summed E-state index contributed by atoms with van der Waals surface area (Å²) in [6.45, 7) is 4.63. The number of benzene rings is 2. The molecule has 0 spiro atoms. The molecule has 0 radical (unpaired) electrons. The fourth-order valence-corrected chi connectivity index (χ4v) is 2.89. The van der Waals surface area contributed by atoms with Gasteiger partial charge in [0.25, 0.3) is 0 Å². The van der Waals surface area contributed by atoms with Crippen molar-refractivity contribution in [2.24, 2.45) is 0 Å². The predicted molar refractivity (Wildman–Crippen MR) is 89.6 cm³/mol. The van der Waals surface area contributed by atoms with E-state index >= 15 is 0 Å². The molecule has 3 nitrogen and oxygen atoms in total. The molecule has 1 unspecified atom stereocenters. The minimum Gasteiger partial charge on any atom is -0.340 e. The highest BCUT2D eigenvalue weighted by atomic mass is 16.2. The lowest BCUT2D eigenvalue weighted by Crippen LogP contribution is -2.51. The highest BCUT2D eigenvalue weighted by molar-refractivity contribution is 5.79. The third-order valence-electron chi connectivity index (χ3n) is 4.14. The largest absolute Gasteiger partial charge is 0.340 e. The van der Waals surface area contributed by atoms with Crippen LogP contribution in [0.5, 0.6) is 0 Å². The molecule has 22 heavy (non-hydrogen) atoms. The van der Waals surface area contributed by atoms with Crippen LogP contribution in [0.1, 0.15) is 12.5 Å². The van der Waals surface area contributed by atoms with Crippen molar-refractivity contribution in [3.8, 4) is 11.1 Å². The Morgan fingerprint density at radius 2 is 1.77 bits per heavy atom. The van der Waals surface area contributed by atoms with E-state index in [0.717, 1.165) is 25.2 Å². The van der Waals surface area contributed by atoms with Gasteiger partial charge in [-0.05, 0) is 23.6 Å². The Labute approximate surface area is 132 Å². The average molecular weight is 294 g/mol. The number of nitrogens with one attached hydrogen (secondary N) is 1. The minimum atomic E-state index is 0.223. The van der Waals surface area contributed by atoms with Crippen molar-refractivity contribution in [2.75, 3.05) is 19.6 Å². The van der Waals surface area contributed by atoms with Crippen molar-refractivity contribution in [1.29, 1.82) is 0 Å². The maximum Gasteiger partial charge on any atom is 0.227 e. The van der Waals surface area contributed by atoms with E-state index in [-0.39, 0.29) is 5.91 Å². The highest BCUT2D eigenvalue weighted by Gasteiger charge is 2.20. The summed E-state index contributed by atoms with van der Waals surface area (Å²) in [5.41, 5.74) is 3.47. The number of hydrogen-bond donors (Lipinski definition) is 1. The number of piperazine rings is 1. The summed E-state index contributed by atoms with van der Waals surface area (Å²) in [5, 5.41) is 3.36. The standard InChI is InChI=1S/C19H22N2O/c1-15-14-21(12-11-20-15)19(22)13-16-7-9-18(10-8-16)17-5-3-2-4-6-17/h2-10,15,20H,11-14H2,1H3. The number of carbonyl (C=O) groups is 1. The van der Waals surface area contributed by atoms with Crippen molar-refractivity contribution < 1.29 is 4.79 Å². The van der Waals surface area contributed by atoms with E-state index < -0.39 is 0 Å². The molecule has 3 rings (SSSR count). The zero-order valence-corrected chi connectivity index (χ0v) is 13.0. The Bertz CT molecular complexity index is 622. The van der Waals surface area contributed by atoms with Crippen LogP contribution in [0.2, 0.25) is 0 Å². The number of nitrogens with zero attached hydrogens (tertiary/aromatic N) is 1. The summed E-state index contributed by atoms with van der Waals surface area (Å²) in [4.78, 5) is 14.3. The number of carbonyl (C=O) groups excluding carboxylic acids is 1. The van der Waals surface area contributed by atoms with E-state index in [1.54, 1.807) is 0 Å². The van der Waals surface area contributed by atoms with E-state index in [9.17, 15) is 4.79 Å². The van der Waals surface area contributed by atoms with Crippen molar-refractivity contribution in [2.45, 2.75) is 19.4 Å². The maximum atomic E-state index is 12.4. The van der Waals surface area contributed by atoms with Crippen LogP contribution in [0, 0.1) is 0 Å². The molecule has 0 bridgehead atoms. The molecule has 0 aromatic heterocycles. The second-order valence-electron chi connectivity index (χ2n) is 5.93. The monoisotopic (exact) mass is 294 g/mol. The Balaban J connectivity index is 1.65. The van der Waals surface area contributed by atoms with Crippen molar-refractivity contribution in [1.82, 2.24) is 10.2 Å². The summed E-state index contributed by atoms with van der Waals surface area (Å²) in [7, 11) is 0. The van der Waals surface area contributed by atoms with Gasteiger partial charge >= 0.3 is 0 Å². The van der Waals surface area contributed by atoms with Gasteiger partial charge in [0.05, 0.1) is 6.42 Å². The Morgan fingerprint density at radius 3 is 2.45 bits per heavy atom. The van der Waals surface area contributed by atoms with Crippen molar-refractivity contribution >= 4 is 5.91 Å². The molecule has 2 aromatic carbocycles. The van der Waals surface area contributed by atoms with E-state index in [2.05, 4.69) is 48.6 Å². The molecule has 1 heterocycles. The zero-order valence-electron chi connectivity index (χ0n) is 13.0. The molecule has 1 aliphatic rings. The van der Waals surface area contributed by atoms with Gasteiger partial charge in [-0.3, -0.25) is 4.79 Å². The minimum absolute atomic E-state index is 0.223. The van der Waals surface area contributed by atoms with Crippen LogP contribution in [-0.4, -0.2) is 36.5 Å². The van der Waals surface area contributed by atoms with Gasteiger partial charge in [-0.1, -0.05) is 54.6 Å². The van der Waals surface area contributed by atoms with Crippen LogP contribution in [0.4, 0.5) is 0 Å². The lowest BCUT2D eigenvalue weighted by atomic mass is 10.0. The summed E-state index contributed by atoms with van der Waals surface area (Å²) >= 11 is 0. The van der Waals surface area contributed by atoms with E-state index in [4.69, 9.17) is 0 Å². The first-order chi connectivity index (χ1) is 10.7. The van der Waals surface area contributed by atoms with Crippen LogP contribution < -0.4 is 5.32 Å². The predicted octanol–water partition coefficient (Wildman–Crippen LogP) is 2.72. The Hall–Kier alpha value is -2.13. The van der Waals surface area contributed by atoms with Crippen LogP contribution >= 0.6 is 0 Å². The average Bonchev–Trinajstić information content (AvgIpc) is 2.56. The molecular formula is C19H22N2O. The first kappa shape index (κ1) is 14.8. The molecule has 0 saturated carbocycles. The Morgan fingerprint density at radius 1 is 1.09 bits per heavy atom. The molecule has 114 valence electrons. The summed E-state index contributed by atoms with van der Waals surface area (Å²) in [5.74, 6) is 0.223. The smallest absolute Gasteiger partial charge is 0.227 e. The third-order valence-corrected chi connectivity index (χ3v) is 4.14. The third kappa shape index (κ3) is 3.55. The molecule has 1 aliphatic heterocycles. The first-order valence-corrected chi connectivity index (χ1v) is 7.88. The molecule has 1 amide bonds. The zero-order chi connectivity index (χ0) is 15.4. The lowest BCUT2D eigenvalue weighted by molar-refractivity contribution is -0.131. The molecule has 1 atom stereocenters. The van der Waals surface area contributed by atoms with Crippen LogP contribution in [0.15, 0.2) is 54.6 Å². The van der Waals surface area contributed by atoms with E-state index in [1.165, 1.54) is 11.1 Å². The Kier molecular flexibility index (Phi) is 4.54. The molecule has 0 aliphatic carbocycles. The fourth-order valence-electron chi connectivity index (χ4n) is 2.89. The van der Waals surface area contributed by atoms with Gasteiger partial charge in [0.15, 0.2) is 0 Å². The maximum absolute atomic E-state index is 12.4. The van der Waals surface area contributed by atoms with Crippen LogP contribution in [0.3, 0.4) is 0 Å². The fraction of sp³-hybridized carbons (Fsp3) is 0.316. The highest BCUT2D eigenvalue weighted by Crippen LogP contribution is 2.19. The molecule has 2 aromatic rings. The summed E-state index contributed by atoms with van der Waals surface area (Å²) < 4.78 is 0. The van der Waals surface area contributed by atoms with Crippen LogP contribution in [0.25, 0.3) is 11.1 Å². The second-order valence-corrected chi connectivity index (χ2v) is 5.93. The topological polar surface area (TPSA) is 32.3 Å². The quantitative estimate of drug-likeness (QED) is 0.944. The van der Waals surface area contributed by atoms with Gasteiger partial charge in [0.2, 0.25) is 5.91 Å². The molecule has 3 heteroatoms. The molecule has 1 saturated heterocycles. The molecule has 1 fully saturated rings. The van der Waals surface area contributed by atoms with Gasteiger partial charge in [-0.2, -0.15) is 0 Å². The second kappa shape index (κ2) is 6.75. The van der Waals surface area contributed by atoms with E-state index in [0.29, 0.717) is 12.5 Å². The van der Waals surface area contributed by atoms with Gasteiger partial charge in [0, 0.05) is 25.7 Å². The summed E-state index contributed by atoms with van der Waals surface area (Å²) in [6, 6.07) is 19.0. The summed E-state index contributed by atoms with van der Waals surface area (Å²) in [6.07, 6.45) is 0.488. The molecule has 1 N–H and O–H groups in total. The van der Waals surface area contributed by atoms with Gasteiger partial charge in [0.1, 0.15) is 0 Å². The van der Waals surface area contributed by atoms with E-state index in [1.807, 2.05) is 23.1 Å². The first-order valence-electron chi connectivity index (χ1n) is 7.88.